The minimum atomic E-state index is -3.70. The summed E-state index contributed by atoms with van der Waals surface area (Å²) in [7, 11) is -3.70. The molecule has 1 aromatic heterocycles. The zero-order valence-corrected chi connectivity index (χ0v) is 18.1. The summed E-state index contributed by atoms with van der Waals surface area (Å²) in [5, 5.41) is 2.91. The fourth-order valence-electron chi connectivity index (χ4n) is 2.99. The van der Waals surface area contributed by atoms with Gasteiger partial charge < -0.3 is 10.1 Å². The molecule has 31 heavy (non-hydrogen) atoms. The monoisotopic (exact) mass is 437 g/mol. The fourth-order valence-corrected chi connectivity index (χ4v) is 4.38. The molecule has 1 saturated carbocycles. The number of rotatable bonds is 7. The molecule has 0 aliphatic heterocycles. The summed E-state index contributed by atoms with van der Waals surface area (Å²) in [6.45, 7) is 3.61. The molecule has 0 saturated heterocycles. The van der Waals surface area contributed by atoms with Crippen LogP contribution in [0.25, 0.3) is 0 Å². The van der Waals surface area contributed by atoms with Crippen molar-refractivity contribution in [2.45, 2.75) is 37.6 Å². The van der Waals surface area contributed by atoms with E-state index in [2.05, 4.69) is 15.0 Å². The SMILES string of the molecule is Cc1ccc(C)c(S(=O)(=O)Nc2ccc(Oc3ccc(C(=O)NC4CC4)cn3)cc2)c1. The normalized spacial score (nSPS) is 13.5. The standard InChI is InChI=1S/C23H23N3O4S/c1-15-3-4-16(2)21(13-15)31(28,29)26-19-8-10-20(11-9-19)30-22-12-5-17(14-24-22)23(27)25-18-6-7-18/h3-5,8-14,18,26H,6-7H2,1-2H3,(H,25,27). The molecule has 0 atom stereocenters. The van der Waals surface area contributed by atoms with E-state index in [0.717, 1.165) is 18.4 Å². The van der Waals surface area contributed by atoms with E-state index in [1.807, 2.05) is 13.0 Å². The number of amides is 1. The Morgan fingerprint density at radius 2 is 1.77 bits per heavy atom. The maximum atomic E-state index is 12.7. The number of nitrogens with zero attached hydrogens (tertiary/aromatic N) is 1. The lowest BCUT2D eigenvalue weighted by Gasteiger charge is -2.12. The Morgan fingerprint density at radius 1 is 1.03 bits per heavy atom. The Morgan fingerprint density at radius 3 is 2.42 bits per heavy atom. The number of benzene rings is 2. The largest absolute Gasteiger partial charge is 0.439 e. The summed E-state index contributed by atoms with van der Waals surface area (Å²) in [5.74, 6) is 0.700. The Bertz CT molecular complexity index is 1200. The summed E-state index contributed by atoms with van der Waals surface area (Å²) in [6, 6.07) is 15.4. The van der Waals surface area contributed by atoms with Crippen LogP contribution in [0, 0.1) is 13.8 Å². The molecule has 0 radical (unpaired) electrons. The van der Waals surface area contributed by atoms with Gasteiger partial charge in [0.2, 0.25) is 5.88 Å². The molecule has 0 spiro atoms. The molecule has 8 heteroatoms. The van der Waals surface area contributed by atoms with Gasteiger partial charge in [0.15, 0.2) is 0 Å². The Kier molecular flexibility index (Phi) is 5.65. The molecular weight excluding hydrogens is 414 g/mol. The first-order chi connectivity index (χ1) is 14.8. The first-order valence-electron chi connectivity index (χ1n) is 9.95. The lowest BCUT2D eigenvalue weighted by Crippen LogP contribution is -2.25. The molecule has 3 aromatic rings. The molecule has 4 rings (SSSR count). The van der Waals surface area contributed by atoms with Crippen LogP contribution in [0.4, 0.5) is 5.69 Å². The van der Waals surface area contributed by atoms with Gasteiger partial charge in [0.05, 0.1) is 10.5 Å². The van der Waals surface area contributed by atoms with E-state index < -0.39 is 10.0 Å². The van der Waals surface area contributed by atoms with Gasteiger partial charge in [-0.15, -0.1) is 0 Å². The number of anilines is 1. The molecule has 160 valence electrons. The van der Waals surface area contributed by atoms with Crippen molar-refractivity contribution in [2.75, 3.05) is 4.72 Å². The third-order valence-electron chi connectivity index (χ3n) is 4.87. The lowest BCUT2D eigenvalue weighted by atomic mass is 10.2. The molecule has 1 amide bonds. The summed E-state index contributed by atoms with van der Waals surface area (Å²) in [4.78, 5) is 16.4. The number of hydrogen-bond acceptors (Lipinski definition) is 5. The third kappa shape index (κ3) is 5.21. The number of ether oxygens (including phenoxy) is 1. The van der Waals surface area contributed by atoms with Crippen molar-refractivity contribution in [3.8, 4) is 11.6 Å². The molecule has 1 heterocycles. The van der Waals surface area contributed by atoms with Crippen LogP contribution in [0.15, 0.2) is 65.7 Å². The summed E-state index contributed by atoms with van der Waals surface area (Å²) in [6.07, 6.45) is 3.52. The second kappa shape index (κ2) is 8.39. The van der Waals surface area contributed by atoms with Gasteiger partial charge in [-0.25, -0.2) is 13.4 Å². The van der Waals surface area contributed by atoms with Crippen molar-refractivity contribution in [3.63, 3.8) is 0 Å². The van der Waals surface area contributed by atoms with Crippen molar-refractivity contribution in [1.29, 1.82) is 0 Å². The van der Waals surface area contributed by atoms with E-state index in [-0.39, 0.29) is 16.8 Å². The molecule has 1 fully saturated rings. The van der Waals surface area contributed by atoms with Crippen LogP contribution in [0.2, 0.25) is 0 Å². The van der Waals surface area contributed by atoms with Crippen LogP contribution in [0.5, 0.6) is 11.6 Å². The molecular formula is C23H23N3O4S. The highest BCUT2D eigenvalue weighted by Gasteiger charge is 2.24. The molecule has 1 aliphatic carbocycles. The van der Waals surface area contributed by atoms with Crippen molar-refractivity contribution in [1.82, 2.24) is 10.3 Å². The number of carbonyl (C=O) groups is 1. The highest BCUT2D eigenvalue weighted by atomic mass is 32.2. The minimum Gasteiger partial charge on any atom is -0.439 e. The number of aryl methyl sites for hydroxylation is 2. The molecule has 2 aromatic carbocycles. The number of carbonyl (C=O) groups excluding carboxylic acids is 1. The van der Waals surface area contributed by atoms with E-state index in [4.69, 9.17) is 4.74 Å². The maximum Gasteiger partial charge on any atom is 0.262 e. The summed E-state index contributed by atoms with van der Waals surface area (Å²) >= 11 is 0. The van der Waals surface area contributed by atoms with Crippen LogP contribution in [-0.2, 0) is 10.0 Å². The van der Waals surface area contributed by atoms with E-state index >= 15 is 0 Å². The molecule has 0 bridgehead atoms. The van der Waals surface area contributed by atoms with E-state index in [1.165, 1.54) is 6.20 Å². The second-order valence-electron chi connectivity index (χ2n) is 7.63. The average molecular weight is 438 g/mol. The van der Waals surface area contributed by atoms with E-state index in [1.54, 1.807) is 55.5 Å². The number of nitrogens with one attached hydrogen (secondary N) is 2. The highest BCUT2D eigenvalue weighted by molar-refractivity contribution is 7.92. The van der Waals surface area contributed by atoms with Crippen LogP contribution in [-0.4, -0.2) is 25.4 Å². The quantitative estimate of drug-likeness (QED) is 0.578. The van der Waals surface area contributed by atoms with Gasteiger partial charge in [-0.3, -0.25) is 9.52 Å². The zero-order valence-electron chi connectivity index (χ0n) is 17.3. The molecule has 2 N–H and O–H groups in total. The number of aromatic nitrogens is 1. The first kappa shape index (κ1) is 20.9. The van der Waals surface area contributed by atoms with Gasteiger partial charge in [-0.2, -0.15) is 0 Å². The fraction of sp³-hybridized carbons (Fsp3) is 0.217. The molecule has 0 unspecified atom stereocenters. The summed E-state index contributed by atoms with van der Waals surface area (Å²) < 4.78 is 33.7. The van der Waals surface area contributed by atoms with Crippen molar-refractivity contribution in [3.05, 3.63) is 77.5 Å². The Balaban J connectivity index is 1.41. The third-order valence-corrected chi connectivity index (χ3v) is 6.40. The van der Waals surface area contributed by atoms with E-state index in [9.17, 15) is 13.2 Å². The van der Waals surface area contributed by atoms with E-state index in [0.29, 0.717) is 28.4 Å². The minimum absolute atomic E-state index is 0.137. The van der Waals surface area contributed by atoms with Crippen molar-refractivity contribution < 1.29 is 17.9 Å². The molecule has 1 aliphatic rings. The number of hydrogen-bond donors (Lipinski definition) is 2. The molecule has 7 nitrogen and oxygen atoms in total. The number of sulfonamides is 1. The van der Waals surface area contributed by atoms with Gasteiger partial charge >= 0.3 is 0 Å². The first-order valence-corrected chi connectivity index (χ1v) is 11.4. The predicted molar refractivity (Wildman–Crippen MR) is 118 cm³/mol. The highest BCUT2D eigenvalue weighted by Crippen LogP contribution is 2.25. The van der Waals surface area contributed by atoms with Crippen molar-refractivity contribution in [2.24, 2.45) is 0 Å². The summed E-state index contributed by atoms with van der Waals surface area (Å²) in [5.41, 5.74) is 2.46. The smallest absolute Gasteiger partial charge is 0.262 e. The van der Waals surface area contributed by atoms with Crippen LogP contribution < -0.4 is 14.8 Å². The van der Waals surface area contributed by atoms with Crippen molar-refractivity contribution >= 4 is 21.6 Å². The topological polar surface area (TPSA) is 97.4 Å². The maximum absolute atomic E-state index is 12.7. The zero-order chi connectivity index (χ0) is 22.0. The predicted octanol–water partition coefficient (Wildman–Crippen LogP) is 4.18. The Labute approximate surface area is 181 Å². The number of pyridine rings is 1. The Hall–Kier alpha value is -3.39. The van der Waals surface area contributed by atoms with Gasteiger partial charge in [0, 0.05) is 24.0 Å². The van der Waals surface area contributed by atoms with Crippen LogP contribution in [0.3, 0.4) is 0 Å². The van der Waals surface area contributed by atoms with Gasteiger partial charge in [-0.05, 0) is 74.2 Å². The van der Waals surface area contributed by atoms with Gasteiger partial charge in [0.1, 0.15) is 5.75 Å². The van der Waals surface area contributed by atoms with Crippen LogP contribution >= 0.6 is 0 Å². The van der Waals surface area contributed by atoms with Gasteiger partial charge in [0.25, 0.3) is 15.9 Å². The average Bonchev–Trinajstić information content (AvgIpc) is 3.55. The van der Waals surface area contributed by atoms with Crippen LogP contribution in [0.1, 0.15) is 34.3 Å². The lowest BCUT2D eigenvalue weighted by molar-refractivity contribution is 0.0950. The van der Waals surface area contributed by atoms with Gasteiger partial charge in [-0.1, -0.05) is 12.1 Å². The second-order valence-corrected chi connectivity index (χ2v) is 9.28.